The maximum atomic E-state index is 13.1. The molecule has 37 heavy (non-hydrogen) atoms. The third-order valence-corrected chi connectivity index (χ3v) is 16.4. The highest BCUT2D eigenvalue weighted by molar-refractivity contribution is 6.74. The lowest BCUT2D eigenvalue weighted by atomic mass is 9.59. The zero-order valence-corrected chi connectivity index (χ0v) is 28.5. The number of carbonyl (C=O) groups is 1. The van der Waals surface area contributed by atoms with E-state index in [0.29, 0.717) is 24.5 Å². The molecule has 6 heteroatoms. The molecule has 216 valence electrons. The smallest absolute Gasteiger partial charge is 0.309 e. The minimum atomic E-state index is -1.83. The SMILES string of the molecule is CCOC(=O)C1CC1(CCCC(C)(C)O[Si](C)(C)C)[C@H]1CC[C@H]2[C@@H](O[Si](C)(C)C(C)(C)C)CCC[C@]12C. The summed E-state index contributed by atoms with van der Waals surface area (Å²) in [7, 11) is -3.43. The molecule has 3 rings (SSSR count). The predicted octanol–water partition coefficient (Wildman–Crippen LogP) is 8.96. The van der Waals surface area contributed by atoms with Crippen LogP contribution in [-0.4, -0.2) is 40.9 Å². The third kappa shape index (κ3) is 6.77. The van der Waals surface area contributed by atoms with Crippen molar-refractivity contribution in [3.8, 4) is 0 Å². The summed E-state index contributed by atoms with van der Waals surface area (Å²) < 4.78 is 19.3. The molecule has 6 atom stereocenters. The second kappa shape index (κ2) is 10.7. The topological polar surface area (TPSA) is 44.8 Å². The van der Waals surface area contributed by atoms with Crippen LogP contribution in [0.3, 0.4) is 0 Å². The van der Waals surface area contributed by atoms with Crippen LogP contribution in [0, 0.1) is 28.6 Å². The van der Waals surface area contributed by atoms with Crippen molar-refractivity contribution in [2.75, 3.05) is 6.61 Å². The van der Waals surface area contributed by atoms with Crippen molar-refractivity contribution in [3.63, 3.8) is 0 Å². The van der Waals surface area contributed by atoms with Crippen molar-refractivity contribution in [1.82, 2.24) is 0 Å². The molecule has 0 N–H and O–H groups in total. The zero-order valence-electron chi connectivity index (χ0n) is 26.5. The van der Waals surface area contributed by atoms with Gasteiger partial charge in [0.15, 0.2) is 16.6 Å². The molecule has 4 nitrogen and oxygen atoms in total. The van der Waals surface area contributed by atoms with Crippen molar-refractivity contribution < 1.29 is 18.4 Å². The van der Waals surface area contributed by atoms with Gasteiger partial charge in [-0.3, -0.25) is 4.79 Å². The van der Waals surface area contributed by atoms with E-state index in [1.54, 1.807) is 0 Å². The number of fused-ring (bicyclic) bond motifs is 1. The lowest BCUT2D eigenvalue weighted by Gasteiger charge is -2.50. The van der Waals surface area contributed by atoms with Crippen LogP contribution >= 0.6 is 0 Å². The van der Waals surface area contributed by atoms with Crippen LogP contribution in [-0.2, 0) is 18.4 Å². The van der Waals surface area contributed by atoms with Crippen molar-refractivity contribution >= 4 is 22.6 Å². The summed E-state index contributed by atoms with van der Waals surface area (Å²) in [5.41, 5.74) is 0.260. The average Bonchev–Trinajstić information content (AvgIpc) is 3.30. The van der Waals surface area contributed by atoms with Crippen LogP contribution in [0.5, 0.6) is 0 Å². The number of esters is 1. The summed E-state index contributed by atoms with van der Waals surface area (Å²) in [6.07, 6.45) is 10.9. The molecule has 0 spiro atoms. The molecule has 3 aliphatic carbocycles. The van der Waals surface area contributed by atoms with Gasteiger partial charge in [0.05, 0.1) is 18.1 Å². The minimum absolute atomic E-state index is 0.0528. The molecule has 3 fully saturated rings. The Hall–Kier alpha value is -0.176. The van der Waals surface area contributed by atoms with E-state index < -0.39 is 16.6 Å². The molecule has 2 unspecified atom stereocenters. The Morgan fingerprint density at radius 3 is 2.22 bits per heavy atom. The van der Waals surface area contributed by atoms with Crippen molar-refractivity contribution in [3.05, 3.63) is 0 Å². The minimum Gasteiger partial charge on any atom is -0.466 e. The molecular weight excluding hydrogens is 493 g/mol. The fourth-order valence-electron chi connectivity index (χ4n) is 8.20. The average molecular weight is 553 g/mol. The number of hydrogen-bond donors (Lipinski definition) is 0. The van der Waals surface area contributed by atoms with E-state index in [1.165, 1.54) is 32.1 Å². The van der Waals surface area contributed by atoms with Crippen molar-refractivity contribution in [2.45, 2.75) is 156 Å². The van der Waals surface area contributed by atoms with Gasteiger partial charge < -0.3 is 13.6 Å². The molecule has 0 heterocycles. The van der Waals surface area contributed by atoms with E-state index in [-0.39, 0.29) is 33.4 Å². The van der Waals surface area contributed by atoms with Crippen LogP contribution in [0.15, 0.2) is 0 Å². The van der Waals surface area contributed by atoms with Gasteiger partial charge in [-0.05, 0) is 126 Å². The van der Waals surface area contributed by atoms with Crippen LogP contribution in [0.4, 0.5) is 0 Å². The lowest BCUT2D eigenvalue weighted by molar-refractivity contribution is -0.146. The van der Waals surface area contributed by atoms with Gasteiger partial charge in [0.1, 0.15) is 0 Å². The van der Waals surface area contributed by atoms with Crippen LogP contribution < -0.4 is 0 Å². The molecule has 0 bridgehead atoms. The first kappa shape index (κ1) is 31.4. The standard InChI is InChI=1S/C31H60O4Si2/c1-13-33-27(32)24-22-31(24,21-15-19-29(5,6)35-36(8,9)10)26-18-17-23-25(16-14-20-30(23,26)7)34-37(11,12)28(2,3)4/h23-26H,13-22H2,1-12H3/t23-,24?,25-,26-,30-,31?/m0/s1. The number of rotatable bonds is 11. The van der Waals surface area contributed by atoms with E-state index in [1.807, 2.05) is 6.92 Å². The molecule has 0 aromatic carbocycles. The van der Waals surface area contributed by atoms with Gasteiger partial charge in [-0.25, -0.2) is 0 Å². The number of carbonyl (C=O) groups excluding carboxylic acids is 1. The maximum Gasteiger partial charge on any atom is 0.309 e. The fraction of sp³-hybridized carbons (Fsp3) is 0.968. The summed E-state index contributed by atoms with van der Waals surface area (Å²) in [6.45, 7) is 28.2. The van der Waals surface area contributed by atoms with Gasteiger partial charge >= 0.3 is 5.97 Å². The second-order valence-corrected chi connectivity index (χ2v) is 25.3. The van der Waals surface area contributed by atoms with Crippen molar-refractivity contribution in [2.24, 2.45) is 28.6 Å². The maximum absolute atomic E-state index is 13.1. The number of ether oxygens (including phenoxy) is 1. The van der Waals surface area contributed by atoms with Crippen LogP contribution in [0.1, 0.15) is 106 Å². The van der Waals surface area contributed by atoms with Gasteiger partial charge in [0, 0.05) is 6.10 Å². The van der Waals surface area contributed by atoms with Gasteiger partial charge in [0.25, 0.3) is 0 Å². The molecule has 0 aliphatic heterocycles. The highest BCUT2D eigenvalue weighted by Gasteiger charge is 2.69. The quantitative estimate of drug-likeness (QED) is 0.189. The summed E-state index contributed by atoms with van der Waals surface area (Å²) in [5.74, 6) is 1.34. The Bertz CT molecular complexity index is 811. The Morgan fingerprint density at radius 1 is 1.00 bits per heavy atom. The molecule has 0 radical (unpaired) electrons. The van der Waals surface area contributed by atoms with E-state index in [0.717, 1.165) is 25.7 Å². The first-order valence-corrected chi connectivity index (χ1v) is 21.6. The summed E-state index contributed by atoms with van der Waals surface area (Å²) >= 11 is 0. The van der Waals surface area contributed by atoms with E-state index >= 15 is 0 Å². The zero-order chi connectivity index (χ0) is 28.1. The fourth-order valence-corrected chi connectivity index (χ4v) is 11.4. The molecule has 0 amide bonds. The molecule has 3 aliphatic rings. The summed E-state index contributed by atoms with van der Waals surface area (Å²) in [5, 5.41) is 0.233. The van der Waals surface area contributed by atoms with E-state index in [9.17, 15) is 4.79 Å². The van der Waals surface area contributed by atoms with Gasteiger partial charge in [-0.15, -0.1) is 0 Å². The van der Waals surface area contributed by atoms with Crippen molar-refractivity contribution in [1.29, 1.82) is 0 Å². The highest BCUT2D eigenvalue weighted by Crippen LogP contribution is 2.72. The highest BCUT2D eigenvalue weighted by atomic mass is 28.4. The van der Waals surface area contributed by atoms with Gasteiger partial charge in [0.2, 0.25) is 0 Å². The Balaban J connectivity index is 1.80. The van der Waals surface area contributed by atoms with E-state index in [2.05, 4.69) is 74.3 Å². The third-order valence-electron chi connectivity index (χ3n) is 10.7. The largest absolute Gasteiger partial charge is 0.466 e. The second-order valence-electron chi connectivity index (χ2n) is 16.1. The Morgan fingerprint density at radius 2 is 1.65 bits per heavy atom. The molecule has 0 aromatic rings. The Kier molecular flexibility index (Phi) is 9.04. The normalized spacial score (nSPS) is 34.8. The summed E-state index contributed by atoms with van der Waals surface area (Å²) in [4.78, 5) is 13.1. The summed E-state index contributed by atoms with van der Waals surface area (Å²) in [6, 6.07) is 0. The van der Waals surface area contributed by atoms with Crippen LogP contribution in [0.25, 0.3) is 0 Å². The molecular formula is C31H60O4Si2. The monoisotopic (exact) mass is 552 g/mol. The van der Waals surface area contributed by atoms with E-state index in [4.69, 9.17) is 13.6 Å². The predicted molar refractivity (Wildman–Crippen MR) is 160 cm³/mol. The van der Waals surface area contributed by atoms with Gasteiger partial charge in [-0.1, -0.05) is 40.5 Å². The first-order chi connectivity index (χ1) is 16.8. The Labute approximate surface area is 231 Å². The number of hydrogen-bond acceptors (Lipinski definition) is 4. The molecule has 3 saturated carbocycles. The lowest BCUT2D eigenvalue weighted by Crippen LogP contribution is -2.50. The van der Waals surface area contributed by atoms with Gasteiger partial charge in [-0.2, -0.15) is 0 Å². The molecule has 0 aromatic heterocycles. The van der Waals surface area contributed by atoms with Crippen LogP contribution in [0.2, 0.25) is 37.8 Å². The first-order valence-electron chi connectivity index (χ1n) is 15.3. The molecule has 0 saturated heterocycles.